The van der Waals surface area contributed by atoms with Crippen molar-refractivity contribution >= 4 is 11.6 Å². The Labute approximate surface area is 220 Å². The van der Waals surface area contributed by atoms with Gasteiger partial charge in [-0.2, -0.15) is 0 Å². The number of pyridine rings is 1. The van der Waals surface area contributed by atoms with Crippen molar-refractivity contribution in [3.05, 3.63) is 126 Å². The zero-order chi connectivity index (χ0) is 26.3. The predicted octanol–water partition coefficient (Wildman–Crippen LogP) is 3.84. The Morgan fingerprint density at radius 2 is 2.05 bits per heavy atom. The Balaban J connectivity index is 1.34. The Hall–Kier alpha value is -5.23. The van der Waals surface area contributed by atoms with Crippen molar-refractivity contribution in [2.75, 3.05) is 6.61 Å². The van der Waals surface area contributed by atoms with E-state index in [1.807, 2.05) is 72.3 Å². The monoisotopic (exact) mass is 503 g/mol. The molecule has 1 aliphatic rings. The van der Waals surface area contributed by atoms with Crippen LogP contribution in [0.15, 0.2) is 97.2 Å². The second-order valence-electron chi connectivity index (χ2n) is 8.47. The van der Waals surface area contributed by atoms with Gasteiger partial charge >= 0.3 is 0 Å². The molecule has 3 aromatic heterocycles. The summed E-state index contributed by atoms with van der Waals surface area (Å²) in [6, 6.07) is 14.9. The van der Waals surface area contributed by atoms with Gasteiger partial charge in [0.25, 0.3) is 5.91 Å². The van der Waals surface area contributed by atoms with Gasteiger partial charge in [0.2, 0.25) is 5.82 Å². The summed E-state index contributed by atoms with van der Waals surface area (Å²) in [7, 11) is 0. The number of rotatable bonds is 6. The van der Waals surface area contributed by atoms with E-state index >= 15 is 0 Å². The molecular formula is C29H25N7O2. The number of allylic oxidation sites excluding steroid dienone is 5. The fourth-order valence-electron chi connectivity index (χ4n) is 3.93. The molecule has 0 saturated heterocycles. The maximum atomic E-state index is 13.0. The number of carbonyl (C=O) groups excluding carboxylic acids is 1. The molecule has 1 atom stereocenters. The predicted molar refractivity (Wildman–Crippen MR) is 142 cm³/mol. The number of benzene rings is 1. The van der Waals surface area contributed by atoms with Gasteiger partial charge < -0.3 is 10.1 Å². The lowest BCUT2D eigenvalue weighted by molar-refractivity contribution is 0.0892. The first kappa shape index (κ1) is 24.5. The lowest BCUT2D eigenvalue weighted by Crippen LogP contribution is -2.33. The molecule has 0 bridgehead atoms. The number of fused-ring (bicyclic) bond motifs is 1. The molecule has 9 nitrogen and oxygen atoms in total. The molecule has 9 heteroatoms. The van der Waals surface area contributed by atoms with E-state index in [0.29, 0.717) is 35.1 Å². The second kappa shape index (κ2) is 11.2. The number of nitrogens with one attached hydrogen (secondary N) is 2. The largest absolute Gasteiger partial charge is 0.493 e. The summed E-state index contributed by atoms with van der Waals surface area (Å²) in [5.41, 5.74) is 3.15. The smallest absolute Gasteiger partial charge is 0.291 e. The lowest BCUT2D eigenvalue weighted by Gasteiger charge is -2.15. The number of imidazole rings is 1. The normalized spacial score (nSPS) is 15.0. The quantitative estimate of drug-likeness (QED) is 0.306. The Kier molecular flexibility index (Phi) is 7.23. The second-order valence-corrected chi connectivity index (χ2v) is 8.47. The first-order chi connectivity index (χ1) is 18.6. The van der Waals surface area contributed by atoms with E-state index in [4.69, 9.17) is 4.74 Å². The van der Waals surface area contributed by atoms with Crippen LogP contribution in [0.1, 0.15) is 46.5 Å². The summed E-state index contributed by atoms with van der Waals surface area (Å²) >= 11 is 0. The van der Waals surface area contributed by atoms with Crippen molar-refractivity contribution in [2.24, 2.45) is 0 Å². The fraction of sp³-hybridized carbons (Fsp3) is 0.138. The molecule has 4 aromatic rings. The lowest BCUT2D eigenvalue weighted by atomic mass is 10.1. The van der Waals surface area contributed by atoms with Gasteiger partial charge in [-0.05, 0) is 36.6 Å². The van der Waals surface area contributed by atoms with Crippen LogP contribution >= 0.6 is 0 Å². The van der Waals surface area contributed by atoms with E-state index in [9.17, 15) is 4.79 Å². The molecule has 0 radical (unpaired) electrons. The van der Waals surface area contributed by atoms with E-state index < -0.39 is 11.9 Å². The van der Waals surface area contributed by atoms with E-state index in [2.05, 4.69) is 48.9 Å². The zero-order valence-electron chi connectivity index (χ0n) is 20.8. The topological polar surface area (TPSA) is 111 Å². The van der Waals surface area contributed by atoms with Crippen molar-refractivity contribution < 1.29 is 9.53 Å². The Bertz CT molecular complexity index is 1570. The number of carbonyl (C=O) groups is 1. The minimum absolute atomic E-state index is 0.0572. The van der Waals surface area contributed by atoms with Gasteiger partial charge in [0, 0.05) is 30.6 Å². The highest BCUT2D eigenvalue weighted by Gasteiger charge is 2.27. The van der Waals surface area contributed by atoms with Crippen molar-refractivity contribution in [3.8, 4) is 11.8 Å². The van der Waals surface area contributed by atoms with Crippen LogP contribution in [-0.2, 0) is 11.2 Å². The standard InChI is InChI=1S/C29H25N7O2/c1-3-21(12-13-23-11-7-8-14-30-23)17-25-20(2)38-19-24(28-31-15-16-36(25)28)32-29(37)27-33-26(34-35-27)18-22-9-5-4-6-10-22/h3-11,14-17,24H,1,18-19H2,2H3,(H,32,37)(H,33,34,35)/b21-17+/t24-/m0/s1. The van der Waals surface area contributed by atoms with Crippen LogP contribution in [0.3, 0.4) is 0 Å². The molecule has 188 valence electrons. The molecule has 0 fully saturated rings. The minimum Gasteiger partial charge on any atom is -0.493 e. The number of aromatic nitrogens is 6. The third-order valence-corrected chi connectivity index (χ3v) is 5.83. The van der Waals surface area contributed by atoms with E-state index in [-0.39, 0.29) is 12.4 Å². The molecule has 38 heavy (non-hydrogen) atoms. The van der Waals surface area contributed by atoms with Gasteiger partial charge in [0.05, 0.1) is 5.70 Å². The first-order valence-corrected chi connectivity index (χ1v) is 12.0. The maximum absolute atomic E-state index is 13.0. The minimum atomic E-state index is -0.527. The fourth-order valence-corrected chi connectivity index (χ4v) is 3.93. The zero-order valence-corrected chi connectivity index (χ0v) is 20.8. The highest BCUT2D eigenvalue weighted by Crippen LogP contribution is 2.26. The van der Waals surface area contributed by atoms with Gasteiger partial charge in [-0.1, -0.05) is 55.0 Å². The van der Waals surface area contributed by atoms with Crippen LogP contribution in [0.25, 0.3) is 5.70 Å². The Morgan fingerprint density at radius 1 is 1.21 bits per heavy atom. The number of amides is 1. The molecule has 4 heterocycles. The molecule has 2 N–H and O–H groups in total. The number of H-pyrrole nitrogens is 1. The molecule has 0 aliphatic carbocycles. The number of nitrogens with zero attached hydrogens (tertiary/aromatic N) is 5. The molecule has 1 aliphatic heterocycles. The van der Waals surface area contributed by atoms with Crippen molar-refractivity contribution in [1.82, 2.24) is 35.0 Å². The molecule has 1 amide bonds. The summed E-state index contributed by atoms with van der Waals surface area (Å²) in [5, 5.41) is 9.90. The Morgan fingerprint density at radius 3 is 2.84 bits per heavy atom. The SMILES string of the molecule is C=C/C(C#Cc1ccccn1)=C\C1=C(C)OC[C@H](NC(=O)c2n[nH]c(Cc3ccccc3)n2)c2nccn21. The van der Waals surface area contributed by atoms with Crippen LogP contribution < -0.4 is 5.32 Å². The van der Waals surface area contributed by atoms with Crippen LogP contribution in [-0.4, -0.2) is 42.2 Å². The number of ether oxygens (including phenoxy) is 1. The average Bonchev–Trinajstić information content (AvgIpc) is 3.60. The highest BCUT2D eigenvalue weighted by molar-refractivity contribution is 5.90. The molecule has 0 saturated carbocycles. The summed E-state index contributed by atoms with van der Waals surface area (Å²) < 4.78 is 7.89. The summed E-state index contributed by atoms with van der Waals surface area (Å²) in [4.78, 5) is 26.1. The van der Waals surface area contributed by atoms with Crippen molar-refractivity contribution in [1.29, 1.82) is 0 Å². The van der Waals surface area contributed by atoms with Gasteiger partial charge in [0.15, 0.2) is 0 Å². The number of hydrogen-bond donors (Lipinski definition) is 2. The van der Waals surface area contributed by atoms with E-state index in [0.717, 1.165) is 11.3 Å². The maximum Gasteiger partial charge on any atom is 0.291 e. The third-order valence-electron chi connectivity index (χ3n) is 5.83. The third kappa shape index (κ3) is 5.60. The highest BCUT2D eigenvalue weighted by atomic mass is 16.5. The number of aromatic amines is 1. The number of hydrogen-bond acceptors (Lipinski definition) is 6. The average molecular weight is 504 g/mol. The van der Waals surface area contributed by atoms with Gasteiger partial charge in [-0.3, -0.25) is 14.5 Å². The molecule has 1 aromatic carbocycles. The van der Waals surface area contributed by atoms with Crippen LogP contribution in [0.2, 0.25) is 0 Å². The van der Waals surface area contributed by atoms with Gasteiger partial charge in [-0.15, -0.1) is 5.10 Å². The molecule has 0 unspecified atom stereocenters. The first-order valence-electron chi connectivity index (χ1n) is 12.0. The molecular weight excluding hydrogens is 478 g/mol. The van der Waals surface area contributed by atoms with Crippen LogP contribution in [0.4, 0.5) is 0 Å². The molecule has 5 rings (SSSR count). The van der Waals surface area contributed by atoms with Gasteiger partial charge in [-0.25, -0.2) is 15.0 Å². The van der Waals surface area contributed by atoms with Crippen molar-refractivity contribution in [2.45, 2.75) is 19.4 Å². The van der Waals surface area contributed by atoms with Crippen LogP contribution in [0.5, 0.6) is 0 Å². The summed E-state index contributed by atoms with van der Waals surface area (Å²) in [6.07, 6.45) is 9.29. The van der Waals surface area contributed by atoms with E-state index in [1.54, 1.807) is 18.5 Å². The van der Waals surface area contributed by atoms with Gasteiger partial charge in [0.1, 0.15) is 35.8 Å². The summed E-state index contributed by atoms with van der Waals surface area (Å²) in [5.74, 6) is 7.65. The molecule has 0 spiro atoms. The summed E-state index contributed by atoms with van der Waals surface area (Å²) in [6.45, 7) is 5.94. The van der Waals surface area contributed by atoms with Crippen LogP contribution in [0, 0.1) is 11.8 Å². The van der Waals surface area contributed by atoms with Crippen molar-refractivity contribution in [3.63, 3.8) is 0 Å². The van der Waals surface area contributed by atoms with E-state index in [1.165, 1.54) is 0 Å².